The molecule has 22 heavy (non-hydrogen) atoms. The minimum absolute atomic E-state index is 0.0228. The molecule has 6 heteroatoms. The van der Waals surface area contributed by atoms with Crippen molar-refractivity contribution < 1.29 is 19.1 Å². The van der Waals surface area contributed by atoms with Crippen molar-refractivity contribution in [3.8, 4) is 0 Å². The van der Waals surface area contributed by atoms with Gasteiger partial charge in [-0.1, -0.05) is 37.4 Å². The number of esters is 2. The smallest absolute Gasteiger partial charge is 0.327 e. The highest BCUT2D eigenvalue weighted by atomic mass is 32.1. The summed E-state index contributed by atoms with van der Waals surface area (Å²) in [6, 6.07) is 7.40. The fourth-order valence-electron chi connectivity index (χ4n) is 1.76. The van der Waals surface area contributed by atoms with Crippen molar-refractivity contribution in [1.82, 2.24) is 4.98 Å². The molecule has 0 unspecified atom stereocenters. The third kappa shape index (κ3) is 3.59. The SMILES string of the molecule is C=CCOC(=O)C(C(=O)OCC=C)c1nc2ccccc2s1. The molecule has 0 radical (unpaired) electrons. The van der Waals surface area contributed by atoms with Crippen LogP contribution in [0.1, 0.15) is 10.9 Å². The van der Waals surface area contributed by atoms with Crippen molar-refractivity contribution in [3.05, 3.63) is 54.6 Å². The molecular weight excluding hydrogens is 302 g/mol. The van der Waals surface area contributed by atoms with Crippen LogP contribution in [-0.2, 0) is 19.1 Å². The molecule has 0 fully saturated rings. The minimum atomic E-state index is -1.20. The highest BCUT2D eigenvalue weighted by Gasteiger charge is 2.34. The molecule has 0 aliphatic heterocycles. The normalized spacial score (nSPS) is 10.4. The molecule has 0 N–H and O–H groups in total. The summed E-state index contributed by atoms with van der Waals surface area (Å²) < 4.78 is 10.9. The standard InChI is InChI=1S/C16H15NO4S/c1-3-9-20-15(18)13(16(19)21-10-4-2)14-17-11-7-5-6-8-12(11)22-14/h3-8,13H,1-2,9-10H2. The van der Waals surface area contributed by atoms with Crippen LogP contribution in [0.15, 0.2) is 49.6 Å². The summed E-state index contributed by atoms with van der Waals surface area (Å²) in [6.45, 7) is 6.99. The number of benzene rings is 1. The number of hydrogen-bond acceptors (Lipinski definition) is 6. The predicted octanol–water partition coefficient (Wildman–Crippen LogP) is 2.84. The molecule has 0 aliphatic carbocycles. The van der Waals surface area contributed by atoms with E-state index in [2.05, 4.69) is 18.1 Å². The first-order chi connectivity index (χ1) is 10.7. The monoisotopic (exact) mass is 317 g/mol. The number of nitrogens with zero attached hydrogens (tertiary/aromatic N) is 1. The first-order valence-electron chi connectivity index (χ1n) is 6.58. The van der Waals surface area contributed by atoms with Gasteiger partial charge < -0.3 is 9.47 Å². The molecule has 5 nitrogen and oxygen atoms in total. The molecule has 0 bridgehead atoms. The van der Waals surface area contributed by atoms with Crippen LogP contribution in [0.25, 0.3) is 10.2 Å². The lowest BCUT2D eigenvalue weighted by Gasteiger charge is -2.11. The zero-order valence-corrected chi connectivity index (χ0v) is 12.7. The van der Waals surface area contributed by atoms with Gasteiger partial charge in [-0.05, 0) is 12.1 Å². The number of carbonyl (C=O) groups is 2. The van der Waals surface area contributed by atoms with Crippen molar-refractivity contribution in [1.29, 1.82) is 0 Å². The number of carbonyl (C=O) groups excluding carboxylic acids is 2. The van der Waals surface area contributed by atoms with Crippen molar-refractivity contribution in [2.45, 2.75) is 5.92 Å². The highest BCUT2D eigenvalue weighted by Crippen LogP contribution is 2.29. The van der Waals surface area contributed by atoms with Crippen LogP contribution < -0.4 is 0 Å². The molecule has 0 atom stereocenters. The van der Waals surface area contributed by atoms with Crippen LogP contribution in [0, 0.1) is 0 Å². The van der Waals surface area contributed by atoms with Gasteiger partial charge in [0.05, 0.1) is 10.2 Å². The van der Waals surface area contributed by atoms with E-state index in [4.69, 9.17) is 9.47 Å². The third-order valence-electron chi connectivity index (χ3n) is 2.72. The number of fused-ring (bicyclic) bond motifs is 1. The van der Waals surface area contributed by atoms with Gasteiger partial charge in [0.1, 0.15) is 18.2 Å². The van der Waals surface area contributed by atoms with Gasteiger partial charge in [-0.15, -0.1) is 11.3 Å². The van der Waals surface area contributed by atoms with Gasteiger partial charge in [0.15, 0.2) is 0 Å². The maximum absolute atomic E-state index is 12.2. The second kappa shape index (κ2) is 7.51. The largest absolute Gasteiger partial charge is 0.461 e. The Morgan fingerprint density at radius 3 is 2.27 bits per heavy atom. The van der Waals surface area contributed by atoms with Crippen molar-refractivity contribution >= 4 is 33.5 Å². The maximum Gasteiger partial charge on any atom is 0.327 e. The lowest BCUT2D eigenvalue weighted by molar-refractivity contribution is -0.156. The summed E-state index contributed by atoms with van der Waals surface area (Å²) >= 11 is 1.26. The van der Waals surface area contributed by atoms with E-state index in [0.717, 1.165) is 10.2 Å². The molecule has 0 amide bonds. The molecule has 0 saturated heterocycles. The van der Waals surface area contributed by atoms with E-state index in [-0.39, 0.29) is 13.2 Å². The zero-order chi connectivity index (χ0) is 15.9. The molecule has 1 heterocycles. The summed E-state index contributed by atoms with van der Waals surface area (Å²) in [5, 5.41) is 0.351. The highest BCUT2D eigenvalue weighted by molar-refractivity contribution is 7.18. The average Bonchev–Trinajstić information content (AvgIpc) is 2.94. The Labute approximate surface area is 131 Å². The van der Waals surface area contributed by atoms with Gasteiger partial charge in [-0.3, -0.25) is 9.59 Å². The van der Waals surface area contributed by atoms with E-state index in [1.165, 1.54) is 23.5 Å². The van der Waals surface area contributed by atoms with Crippen LogP contribution in [0.5, 0.6) is 0 Å². The van der Waals surface area contributed by atoms with Gasteiger partial charge in [-0.2, -0.15) is 0 Å². The van der Waals surface area contributed by atoms with Crippen LogP contribution >= 0.6 is 11.3 Å². The van der Waals surface area contributed by atoms with E-state index >= 15 is 0 Å². The molecule has 0 saturated carbocycles. The van der Waals surface area contributed by atoms with E-state index in [1.54, 1.807) is 0 Å². The molecule has 1 aromatic heterocycles. The third-order valence-corrected chi connectivity index (χ3v) is 3.82. The molecule has 0 aliphatic rings. The summed E-state index contributed by atoms with van der Waals surface area (Å²) in [7, 11) is 0. The maximum atomic E-state index is 12.2. The Hall–Kier alpha value is -2.47. The lowest BCUT2D eigenvalue weighted by Crippen LogP contribution is -2.26. The van der Waals surface area contributed by atoms with E-state index < -0.39 is 17.9 Å². The summed E-state index contributed by atoms with van der Waals surface area (Å²) in [5.41, 5.74) is 0.723. The Kier molecular flexibility index (Phi) is 5.43. The Morgan fingerprint density at radius 2 is 1.73 bits per heavy atom. The average molecular weight is 317 g/mol. The topological polar surface area (TPSA) is 65.5 Å². The van der Waals surface area contributed by atoms with Gasteiger partial charge in [0, 0.05) is 0 Å². The Bertz CT molecular complexity index is 650. The molecule has 2 aromatic rings. The molecule has 1 aromatic carbocycles. The fourth-order valence-corrected chi connectivity index (χ4v) is 2.80. The van der Waals surface area contributed by atoms with Gasteiger partial charge in [-0.25, -0.2) is 4.98 Å². The number of ether oxygens (including phenoxy) is 2. The Morgan fingerprint density at radius 1 is 1.14 bits per heavy atom. The van der Waals surface area contributed by atoms with E-state index in [1.807, 2.05) is 24.3 Å². The number of rotatable bonds is 7. The van der Waals surface area contributed by atoms with E-state index in [9.17, 15) is 9.59 Å². The Balaban J connectivity index is 2.33. The van der Waals surface area contributed by atoms with E-state index in [0.29, 0.717) is 5.01 Å². The first kappa shape index (κ1) is 15.9. The summed E-state index contributed by atoms with van der Waals surface area (Å²) in [6.07, 6.45) is 2.87. The molecular formula is C16H15NO4S. The number of hydrogen-bond donors (Lipinski definition) is 0. The predicted molar refractivity (Wildman–Crippen MR) is 84.7 cm³/mol. The quantitative estimate of drug-likeness (QED) is 0.446. The lowest BCUT2D eigenvalue weighted by atomic mass is 10.1. The summed E-state index contributed by atoms with van der Waals surface area (Å²) in [4.78, 5) is 28.6. The fraction of sp³-hybridized carbons (Fsp3) is 0.188. The van der Waals surface area contributed by atoms with Crippen molar-refractivity contribution in [2.75, 3.05) is 13.2 Å². The van der Waals surface area contributed by atoms with Crippen LogP contribution in [-0.4, -0.2) is 30.1 Å². The minimum Gasteiger partial charge on any atom is -0.461 e. The van der Waals surface area contributed by atoms with Crippen LogP contribution in [0.4, 0.5) is 0 Å². The molecule has 2 rings (SSSR count). The van der Waals surface area contributed by atoms with Gasteiger partial charge in [0.2, 0.25) is 5.92 Å². The zero-order valence-electron chi connectivity index (χ0n) is 11.9. The second-order valence-electron chi connectivity index (χ2n) is 4.29. The van der Waals surface area contributed by atoms with Crippen LogP contribution in [0.2, 0.25) is 0 Å². The number of aromatic nitrogens is 1. The summed E-state index contributed by atoms with van der Waals surface area (Å²) in [5.74, 6) is -2.60. The number of para-hydroxylation sites is 1. The van der Waals surface area contributed by atoms with Gasteiger partial charge in [0.25, 0.3) is 0 Å². The van der Waals surface area contributed by atoms with Crippen molar-refractivity contribution in [2.24, 2.45) is 0 Å². The number of thiazole rings is 1. The first-order valence-corrected chi connectivity index (χ1v) is 7.39. The van der Waals surface area contributed by atoms with Crippen molar-refractivity contribution in [3.63, 3.8) is 0 Å². The van der Waals surface area contributed by atoms with Crippen LogP contribution in [0.3, 0.4) is 0 Å². The second-order valence-corrected chi connectivity index (χ2v) is 5.35. The molecule has 0 spiro atoms. The van der Waals surface area contributed by atoms with Gasteiger partial charge >= 0.3 is 11.9 Å². The molecule has 114 valence electrons.